The molecule has 0 fully saturated rings. The number of H-pyrrole nitrogens is 1. The number of carbonyl (C=O) groups is 1. The maximum atomic E-state index is 12.7. The van der Waals surface area contributed by atoms with Crippen LogP contribution in [0.1, 0.15) is 10.4 Å². The van der Waals surface area contributed by atoms with Gasteiger partial charge in [0.25, 0.3) is 5.91 Å². The van der Waals surface area contributed by atoms with Gasteiger partial charge in [-0.2, -0.15) is 15.4 Å². The molecule has 0 saturated carbocycles. The van der Waals surface area contributed by atoms with Crippen LogP contribution in [0.2, 0.25) is 0 Å². The highest BCUT2D eigenvalue weighted by Gasteiger charge is 2.14. The molecular weight excluding hydrogens is 348 g/mol. The zero-order valence-electron chi connectivity index (χ0n) is 13.4. The smallest absolute Gasteiger partial charge is 0.255 e. The summed E-state index contributed by atoms with van der Waals surface area (Å²) in [6.45, 7) is 0. The largest absolute Gasteiger partial charge is 0.321 e. The number of carbonyl (C=O) groups excluding carboxylic acids is 1. The molecule has 0 saturated heterocycles. The minimum atomic E-state index is -0.205. The van der Waals surface area contributed by atoms with Crippen molar-refractivity contribution in [2.45, 2.75) is 0 Å². The summed E-state index contributed by atoms with van der Waals surface area (Å²) in [5.41, 5.74) is 4.30. The first-order chi connectivity index (χ1) is 12.8. The molecule has 2 aromatic carbocycles. The number of nitrogens with zero attached hydrogens (tertiary/aromatic N) is 4. The van der Waals surface area contributed by atoms with Crippen molar-refractivity contribution in [1.82, 2.24) is 24.8 Å². The first-order valence-electron chi connectivity index (χ1n) is 7.91. The maximum absolute atomic E-state index is 12.7. The van der Waals surface area contributed by atoms with Crippen molar-refractivity contribution < 1.29 is 4.79 Å². The van der Waals surface area contributed by atoms with E-state index in [9.17, 15) is 4.79 Å². The fourth-order valence-corrected chi connectivity index (χ4v) is 3.55. The Bertz CT molecular complexity index is 1220. The molecule has 0 spiro atoms. The number of para-hydroxylation sites is 1. The lowest BCUT2D eigenvalue weighted by Gasteiger charge is -2.09. The van der Waals surface area contributed by atoms with Crippen LogP contribution in [0, 0.1) is 0 Å². The zero-order chi connectivity index (χ0) is 17.5. The second-order valence-electron chi connectivity index (χ2n) is 5.75. The third-order valence-corrected chi connectivity index (χ3v) is 4.89. The number of anilines is 1. The Labute approximate surface area is 151 Å². The molecule has 126 valence electrons. The Kier molecular flexibility index (Phi) is 3.29. The highest BCUT2D eigenvalue weighted by molar-refractivity contribution is 7.15. The lowest BCUT2D eigenvalue weighted by molar-refractivity contribution is 0.102. The van der Waals surface area contributed by atoms with Gasteiger partial charge in [0.2, 0.25) is 0 Å². The number of imidazole rings is 1. The van der Waals surface area contributed by atoms with Gasteiger partial charge in [-0.3, -0.25) is 9.20 Å². The van der Waals surface area contributed by atoms with E-state index in [0.29, 0.717) is 16.8 Å². The Hall–Kier alpha value is -3.52. The number of aromatic nitrogens is 5. The molecule has 2 N–H and O–H groups in total. The summed E-state index contributed by atoms with van der Waals surface area (Å²) in [5.74, 6) is -0.205. The van der Waals surface area contributed by atoms with Gasteiger partial charge < -0.3 is 5.32 Å². The molecule has 0 unspecified atom stereocenters. The fraction of sp³-hybridized carbons (Fsp3) is 0. The van der Waals surface area contributed by atoms with Crippen molar-refractivity contribution in [3.63, 3.8) is 0 Å². The minimum absolute atomic E-state index is 0.205. The molecule has 0 atom stereocenters. The summed E-state index contributed by atoms with van der Waals surface area (Å²) < 4.78 is 1.97. The van der Waals surface area contributed by atoms with E-state index in [2.05, 4.69) is 25.7 Å². The van der Waals surface area contributed by atoms with Crippen LogP contribution in [0.4, 0.5) is 5.69 Å². The van der Waals surface area contributed by atoms with Gasteiger partial charge in [-0.05, 0) is 24.3 Å². The number of aromatic amines is 1. The van der Waals surface area contributed by atoms with Crippen LogP contribution in [-0.2, 0) is 0 Å². The molecule has 5 aromatic rings. The number of benzene rings is 2. The van der Waals surface area contributed by atoms with Gasteiger partial charge in [0.15, 0.2) is 4.96 Å². The highest BCUT2D eigenvalue weighted by atomic mass is 32.1. The van der Waals surface area contributed by atoms with Crippen LogP contribution in [0.3, 0.4) is 0 Å². The van der Waals surface area contributed by atoms with Crippen molar-refractivity contribution in [3.05, 3.63) is 65.8 Å². The standard InChI is InChI=1S/C18H12N6OS/c25-17(11-5-6-14-15(9-11)22-23-21-14)19-13-4-2-1-3-12(13)16-10-24-7-8-26-18(24)20-16/h1-10H,(H,19,25)(H,21,22,23). The molecule has 0 aliphatic rings. The summed E-state index contributed by atoms with van der Waals surface area (Å²) in [4.78, 5) is 18.2. The van der Waals surface area contributed by atoms with Gasteiger partial charge in [-0.25, -0.2) is 4.98 Å². The Balaban J connectivity index is 1.50. The predicted octanol–water partition coefficient (Wildman–Crippen LogP) is 3.59. The van der Waals surface area contributed by atoms with Crippen molar-refractivity contribution in [3.8, 4) is 11.3 Å². The van der Waals surface area contributed by atoms with E-state index < -0.39 is 0 Å². The molecular formula is C18H12N6OS. The number of fused-ring (bicyclic) bond motifs is 2. The van der Waals surface area contributed by atoms with E-state index in [1.165, 1.54) is 0 Å². The fourth-order valence-electron chi connectivity index (χ4n) is 2.85. The molecule has 0 radical (unpaired) electrons. The topological polar surface area (TPSA) is 88.0 Å². The van der Waals surface area contributed by atoms with Crippen LogP contribution in [0.5, 0.6) is 0 Å². The molecule has 3 heterocycles. The number of rotatable bonds is 3. The quantitative estimate of drug-likeness (QED) is 0.515. The first kappa shape index (κ1) is 14.8. The number of thiazole rings is 1. The average molecular weight is 360 g/mol. The predicted molar refractivity (Wildman–Crippen MR) is 100 cm³/mol. The van der Waals surface area contributed by atoms with Gasteiger partial charge in [0.05, 0.1) is 11.4 Å². The van der Waals surface area contributed by atoms with Gasteiger partial charge in [0, 0.05) is 28.9 Å². The number of nitrogens with one attached hydrogen (secondary N) is 2. The van der Waals surface area contributed by atoms with Gasteiger partial charge in [0.1, 0.15) is 11.0 Å². The third-order valence-electron chi connectivity index (χ3n) is 4.12. The highest BCUT2D eigenvalue weighted by Crippen LogP contribution is 2.29. The van der Waals surface area contributed by atoms with E-state index >= 15 is 0 Å². The van der Waals surface area contributed by atoms with Crippen LogP contribution in [0.15, 0.2) is 60.2 Å². The van der Waals surface area contributed by atoms with E-state index in [0.717, 1.165) is 21.7 Å². The van der Waals surface area contributed by atoms with Crippen LogP contribution < -0.4 is 5.32 Å². The average Bonchev–Trinajstić information content (AvgIpc) is 3.37. The molecule has 3 aromatic heterocycles. The zero-order valence-corrected chi connectivity index (χ0v) is 14.2. The summed E-state index contributed by atoms with van der Waals surface area (Å²) in [6.07, 6.45) is 3.92. The Morgan fingerprint density at radius 3 is 2.92 bits per heavy atom. The van der Waals surface area contributed by atoms with Crippen LogP contribution in [-0.4, -0.2) is 30.7 Å². The third kappa shape index (κ3) is 2.44. The summed E-state index contributed by atoms with van der Waals surface area (Å²) in [6, 6.07) is 12.8. The van der Waals surface area contributed by atoms with Crippen molar-refractivity contribution in [2.24, 2.45) is 0 Å². The first-order valence-corrected chi connectivity index (χ1v) is 8.79. The van der Waals surface area contributed by atoms with Gasteiger partial charge >= 0.3 is 0 Å². The minimum Gasteiger partial charge on any atom is -0.321 e. The molecule has 7 nitrogen and oxygen atoms in total. The summed E-state index contributed by atoms with van der Waals surface area (Å²) in [7, 11) is 0. The molecule has 0 aliphatic carbocycles. The van der Waals surface area contributed by atoms with Crippen molar-refractivity contribution in [1.29, 1.82) is 0 Å². The van der Waals surface area contributed by atoms with Gasteiger partial charge in [-0.15, -0.1) is 11.3 Å². The van der Waals surface area contributed by atoms with Crippen LogP contribution >= 0.6 is 11.3 Å². The number of amides is 1. The van der Waals surface area contributed by atoms with Crippen molar-refractivity contribution in [2.75, 3.05) is 5.32 Å². The normalized spacial score (nSPS) is 11.2. The number of hydrogen-bond donors (Lipinski definition) is 2. The Morgan fingerprint density at radius 1 is 1.12 bits per heavy atom. The van der Waals surface area contributed by atoms with Crippen molar-refractivity contribution >= 4 is 38.9 Å². The number of hydrogen-bond acceptors (Lipinski definition) is 5. The molecule has 5 rings (SSSR count). The lowest BCUT2D eigenvalue weighted by atomic mass is 10.1. The SMILES string of the molecule is O=C(Nc1ccccc1-c1cn2ccsc2n1)c1ccc2n[nH]nc2c1. The second kappa shape index (κ2) is 5.78. The van der Waals surface area contributed by atoms with E-state index in [1.807, 2.05) is 46.4 Å². The van der Waals surface area contributed by atoms with Gasteiger partial charge in [-0.1, -0.05) is 18.2 Å². The second-order valence-corrected chi connectivity index (χ2v) is 6.62. The van der Waals surface area contributed by atoms with E-state index in [4.69, 9.17) is 0 Å². The molecule has 0 aliphatic heterocycles. The molecule has 8 heteroatoms. The van der Waals surface area contributed by atoms with E-state index in [1.54, 1.807) is 29.5 Å². The van der Waals surface area contributed by atoms with E-state index in [-0.39, 0.29) is 5.91 Å². The summed E-state index contributed by atoms with van der Waals surface area (Å²) >= 11 is 1.57. The van der Waals surface area contributed by atoms with Crippen LogP contribution in [0.25, 0.3) is 27.3 Å². The molecule has 0 bridgehead atoms. The monoisotopic (exact) mass is 360 g/mol. The molecule has 26 heavy (non-hydrogen) atoms. The Morgan fingerprint density at radius 2 is 2.00 bits per heavy atom. The lowest BCUT2D eigenvalue weighted by Crippen LogP contribution is -2.12. The summed E-state index contributed by atoms with van der Waals surface area (Å²) in [5, 5.41) is 15.5. The maximum Gasteiger partial charge on any atom is 0.255 e. The molecule has 1 amide bonds.